The lowest BCUT2D eigenvalue weighted by atomic mass is 9.84. The second-order valence-electron chi connectivity index (χ2n) is 13.5. The van der Waals surface area contributed by atoms with Crippen LogP contribution in [0, 0.1) is 0 Å². The van der Waals surface area contributed by atoms with Gasteiger partial charge in [-0.2, -0.15) is 0 Å². The van der Waals surface area contributed by atoms with Crippen molar-refractivity contribution in [1.29, 1.82) is 0 Å². The van der Waals surface area contributed by atoms with Crippen LogP contribution >= 0.6 is 22.7 Å². The molecule has 1 aliphatic rings. The summed E-state index contributed by atoms with van der Waals surface area (Å²) in [7, 11) is 0. The molecule has 1 nitrogen and oxygen atoms in total. The highest BCUT2D eigenvalue weighted by molar-refractivity contribution is 7.26. The van der Waals surface area contributed by atoms with Crippen LogP contribution < -0.4 is 4.90 Å². The number of hydrogen-bond donors (Lipinski definition) is 0. The van der Waals surface area contributed by atoms with E-state index in [0.29, 0.717) is 5.92 Å². The van der Waals surface area contributed by atoms with Gasteiger partial charge in [0.25, 0.3) is 0 Å². The van der Waals surface area contributed by atoms with E-state index in [1.165, 1.54) is 111 Å². The molecule has 0 unspecified atom stereocenters. The van der Waals surface area contributed by atoms with Crippen molar-refractivity contribution in [3.05, 3.63) is 151 Å². The van der Waals surface area contributed by atoms with E-state index in [2.05, 4.69) is 150 Å². The lowest BCUT2D eigenvalue weighted by molar-refractivity contribution is 0.446. The number of anilines is 3. The van der Waals surface area contributed by atoms with E-state index >= 15 is 0 Å². The Morgan fingerprint density at radius 1 is 0.469 bits per heavy atom. The van der Waals surface area contributed by atoms with Crippen LogP contribution in [0.2, 0.25) is 0 Å². The maximum Gasteiger partial charge on any atom is 0.0640 e. The van der Waals surface area contributed by atoms with Gasteiger partial charge in [0.2, 0.25) is 0 Å². The lowest BCUT2D eigenvalue weighted by Crippen LogP contribution is -2.10. The van der Waals surface area contributed by atoms with Crippen molar-refractivity contribution in [1.82, 2.24) is 0 Å². The highest BCUT2D eigenvalue weighted by atomic mass is 32.1. The second kappa shape index (κ2) is 11.9. The van der Waals surface area contributed by atoms with Crippen molar-refractivity contribution in [2.24, 2.45) is 0 Å². The molecular weight excluding hydrogens is 631 g/mol. The standard InChI is InChI=1S/C46H35NS2/c1-2-11-31(12-3-1)37-18-9-19-40-41-20-10-21-42(46(41)49-45(37)40)47(34-27-28-39-38-16-6-7-22-43(38)48-44(39)29-34)33-25-23-32(24-26-33)36-17-8-14-30-13-4-5-15-35(30)36/h4-10,13-29,31H,1-3,11-12H2. The van der Waals surface area contributed by atoms with E-state index < -0.39 is 0 Å². The van der Waals surface area contributed by atoms with E-state index in [1.807, 2.05) is 22.7 Å². The lowest BCUT2D eigenvalue weighted by Gasteiger charge is -2.26. The fourth-order valence-corrected chi connectivity index (χ4v) is 10.8. The predicted octanol–water partition coefficient (Wildman–Crippen LogP) is 14.8. The monoisotopic (exact) mass is 665 g/mol. The van der Waals surface area contributed by atoms with Crippen LogP contribution in [0.3, 0.4) is 0 Å². The first-order valence-corrected chi connectivity index (χ1v) is 19.2. The van der Waals surface area contributed by atoms with E-state index in [4.69, 9.17) is 0 Å². The third-order valence-electron chi connectivity index (χ3n) is 10.7. The summed E-state index contributed by atoms with van der Waals surface area (Å²) in [5.41, 5.74) is 7.66. The van der Waals surface area contributed by atoms with Crippen LogP contribution in [-0.4, -0.2) is 0 Å². The normalized spacial score (nSPS) is 14.0. The van der Waals surface area contributed by atoms with Crippen molar-refractivity contribution in [3.63, 3.8) is 0 Å². The molecule has 0 atom stereocenters. The van der Waals surface area contributed by atoms with Gasteiger partial charge in [0, 0.05) is 47.0 Å². The largest absolute Gasteiger partial charge is 0.309 e. The highest BCUT2D eigenvalue weighted by Gasteiger charge is 2.23. The van der Waals surface area contributed by atoms with Gasteiger partial charge in [-0.3, -0.25) is 0 Å². The summed E-state index contributed by atoms with van der Waals surface area (Å²) in [5, 5.41) is 7.97. The first-order chi connectivity index (χ1) is 24.3. The molecule has 0 radical (unpaired) electrons. The molecule has 1 fully saturated rings. The Balaban J connectivity index is 1.17. The molecular formula is C46H35NS2. The SMILES string of the molecule is c1ccc2c(-c3ccc(N(c4ccc5c(c4)sc4ccccc45)c4cccc5c4sc4c(C6CCCCC6)cccc45)cc3)cccc2c1. The molecule has 9 aromatic rings. The van der Waals surface area contributed by atoms with Gasteiger partial charge in [0.05, 0.1) is 10.4 Å². The Morgan fingerprint density at radius 3 is 2.02 bits per heavy atom. The van der Waals surface area contributed by atoms with Crippen molar-refractivity contribution >= 4 is 90.9 Å². The molecule has 1 aliphatic carbocycles. The van der Waals surface area contributed by atoms with Crippen LogP contribution in [0.15, 0.2) is 146 Å². The van der Waals surface area contributed by atoms with Crippen molar-refractivity contribution in [3.8, 4) is 11.1 Å². The Bertz CT molecular complexity index is 2650. The predicted molar refractivity (Wildman–Crippen MR) is 216 cm³/mol. The summed E-state index contributed by atoms with van der Waals surface area (Å²) in [5.74, 6) is 0.669. The van der Waals surface area contributed by atoms with Crippen LogP contribution in [0.4, 0.5) is 17.1 Å². The second-order valence-corrected chi connectivity index (χ2v) is 15.6. The molecule has 2 heterocycles. The molecule has 1 saturated carbocycles. The molecule has 0 amide bonds. The summed E-state index contributed by atoms with van der Waals surface area (Å²) in [6.45, 7) is 0. The maximum absolute atomic E-state index is 2.49. The Kier molecular flexibility index (Phi) is 7.03. The molecule has 49 heavy (non-hydrogen) atoms. The number of rotatable bonds is 5. The Labute approximate surface area is 294 Å². The van der Waals surface area contributed by atoms with Crippen LogP contribution in [0.1, 0.15) is 43.6 Å². The minimum absolute atomic E-state index is 0.669. The number of nitrogens with zero attached hydrogens (tertiary/aromatic N) is 1. The summed E-state index contributed by atoms with van der Waals surface area (Å²) in [4.78, 5) is 2.49. The fourth-order valence-electron chi connectivity index (χ4n) is 8.29. The van der Waals surface area contributed by atoms with Crippen molar-refractivity contribution in [2.75, 3.05) is 4.90 Å². The third-order valence-corrected chi connectivity index (χ3v) is 13.1. The van der Waals surface area contributed by atoms with Crippen molar-refractivity contribution in [2.45, 2.75) is 38.0 Å². The molecule has 0 spiro atoms. The zero-order chi connectivity index (χ0) is 32.3. The number of fused-ring (bicyclic) bond motifs is 7. The number of hydrogen-bond acceptors (Lipinski definition) is 3. The Morgan fingerprint density at radius 2 is 1.14 bits per heavy atom. The van der Waals surface area contributed by atoms with Gasteiger partial charge in [-0.1, -0.05) is 128 Å². The van der Waals surface area contributed by atoms with Gasteiger partial charge >= 0.3 is 0 Å². The van der Waals surface area contributed by atoms with E-state index in [0.717, 1.165) is 0 Å². The van der Waals surface area contributed by atoms with E-state index in [1.54, 1.807) is 5.56 Å². The van der Waals surface area contributed by atoms with Gasteiger partial charge < -0.3 is 4.90 Å². The minimum Gasteiger partial charge on any atom is -0.309 e. The van der Waals surface area contributed by atoms with Gasteiger partial charge in [0.1, 0.15) is 0 Å². The van der Waals surface area contributed by atoms with Gasteiger partial charge in [-0.15, -0.1) is 22.7 Å². The summed E-state index contributed by atoms with van der Waals surface area (Å²) in [6.07, 6.45) is 6.69. The minimum atomic E-state index is 0.669. The molecule has 0 N–H and O–H groups in total. The average molecular weight is 666 g/mol. The summed E-state index contributed by atoms with van der Waals surface area (Å²) >= 11 is 3.88. The Hall–Kier alpha value is -4.96. The first kappa shape index (κ1) is 29.0. The topological polar surface area (TPSA) is 3.24 Å². The quantitative estimate of drug-likeness (QED) is 0.177. The van der Waals surface area contributed by atoms with E-state index in [9.17, 15) is 0 Å². The molecule has 7 aromatic carbocycles. The van der Waals surface area contributed by atoms with Crippen LogP contribution in [0.25, 0.3) is 62.2 Å². The van der Waals surface area contributed by atoms with E-state index in [-0.39, 0.29) is 0 Å². The average Bonchev–Trinajstić information content (AvgIpc) is 3.74. The molecule has 0 saturated heterocycles. The summed E-state index contributed by atoms with van der Waals surface area (Å²) < 4.78 is 5.49. The smallest absolute Gasteiger partial charge is 0.0640 e. The molecule has 2 aromatic heterocycles. The third kappa shape index (κ3) is 4.87. The van der Waals surface area contributed by atoms with Crippen LogP contribution in [-0.2, 0) is 0 Å². The molecule has 10 rings (SSSR count). The molecule has 3 heteroatoms. The zero-order valence-electron chi connectivity index (χ0n) is 27.2. The van der Waals surface area contributed by atoms with Crippen LogP contribution in [0.5, 0.6) is 0 Å². The van der Waals surface area contributed by atoms with Gasteiger partial charge in [0.15, 0.2) is 0 Å². The molecule has 0 bridgehead atoms. The van der Waals surface area contributed by atoms with Gasteiger partial charge in [-0.25, -0.2) is 0 Å². The fraction of sp³-hybridized carbons (Fsp3) is 0.130. The number of benzene rings is 7. The molecule has 0 aliphatic heterocycles. The van der Waals surface area contributed by atoms with Crippen molar-refractivity contribution < 1.29 is 0 Å². The summed E-state index contributed by atoms with van der Waals surface area (Å²) in [6, 6.07) is 54.3. The molecule has 236 valence electrons. The first-order valence-electron chi connectivity index (χ1n) is 17.5. The maximum atomic E-state index is 2.49. The zero-order valence-corrected chi connectivity index (χ0v) is 28.9. The number of thiophene rings is 2. The highest BCUT2D eigenvalue weighted by Crippen LogP contribution is 2.49. The van der Waals surface area contributed by atoms with Gasteiger partial charge in [-0.05, 0) is 82.6 Å².